The van der Waals surface area contributed by atoms with Gasteiger partial charge in [-0.2, -0.15) is 8.78 Å². The van der Waals surface area contributed by atoms with Gasteiger partial charge in [-0.3, -0.25) is 9.78 Å². The van der Waals surface area contributed by atoms with E-state index in [2.05, 4.69) is 9.72 Å². The van der Waals surface area contributed by atoms with Crippen LogP contribution in [0.5, 0.6) is 5.75 Å². The molecule has 4 nitrogen and oxygen atoms in total. The summed E-state index contributed by atoms with van der Waals surface area (Å²) in [5.74, 6) is -0.0927. The Balaban J connectivity index is 2.26. The van der Waals surface area contributed by atoms with E-state index < -0.39 is 6.61 Å². The first-order valence-corrected chi connectivity index (χ1v) is 7.55. The van der Waals surface area contributed by atoms with Crippen molar-refractivity contribution in [1.29, 1.82) is 0 Å². The van der Waals surface area contributed by atoms with Crippen LogP contribution in [0.25, 0.3) is 0 Å². The molecule has 1 aromatic carbocycles. The topological polar surface area (TPSA) is 42.4 Å². The Bertz CT molecular complexity index is 697. The van der Waals surface area contributed by atoms with E-state index in [1.54, 1.807) is 44.1 Å². The Morgan fingerprint density at radius 1 is 1.21 bits per heavy atom. The van der Waals surface area contributed by atoms with E-state index in [9.17, 15) is 13.6 Å². The lowest BCUT2D eigenvalue weighted by molar-refractivity contribution is -0.0507. The highest BCUT2D eigenvalue weighted by atomic mass is 19.3. The van der Waals surface area contributed by atoms with Crippen LogP contribution in [-0.4, -0.2) is 29.5 Å². The molecule has 0 N–H and O–H groups in total. The monoisotopic (exact) mass is 334 g/mol. The minimum absolute atomic E-state index is 0.113. The fourth-order valence-electron chi connectivity index (χ4n) is 2.55. The van der Waals surface area contributed by atoms with E-state index >= 15 is 0 Å². The SMILES string of the molecule is Cc1cc(C(=O)N(C)C(C)c2ccccn2)cc(C)c1OC(F)F. The molecule has 128 valence electrons. The van der Waals surface area contributed by atoms with Crippen LogP contribution in [0.2, 0.25) is 0 Å². The van der Waals surface area contributed by atoms with Gasteiger partial charge in [-0.25, -0.2) is 0 Å². The molecular formula is C18H20F2N2O2. The van der Waals surface area contributed by atoms with Gasteiger partial charge in [0.25, 0.3) is 5.91 Å². The van der Waals surface area contributed by atoms with Gasteiger partial charge in [-0.15, -0.1) is 0 Å². The largest absolute Gasteiger partial charge is 0.434 e. The minimum Gasteiger partial charge on any atom is -0.434 e. The molecule has 0 bridgehead atoms. The Labute approximate surface area is 140 Å². The van der Waals surface area contributed by atoms with Gasteiger partial charge in [-0.05, 0) is 56.2 Å². The Hall–Kier alpha value is -2.50. The standard InChI is InChI=1S/C18H20F2N2O2/c1-11-9-14(10-12(2)16(11)24-18(19)20)17(23)22(4)13(3)15-7-5-6-8-21-15/h5-10,13,18H,1-4H3. The summed E-state index contributed by atoms with van der Waals surface area (Å²) in [7, 11) is 1.69. The number of benzene rings is 1. The lowest BCUT2D eigenvalue weighted by Gasteiger charge is -2.25. The summed E-state index contributed by atoms with van der Waals surface area (Å²) < 4.78 is 29.4. The number of pyridine rings is 1. The molecule has 1 atom stereocenters. The first-order valence-electron chi connectivity index (χ1n) is 7.55. The number of halogens is 2. The van der Waals surface area contributed by atoms with Crippen LogP contribution < -0.4 is 4.74 Å². The number of ether oxygens (including phenoxy) is 1. The zero-order chi connectivity index (χ0) is 17.9. The summed E-state index contributed by atoms with van der Waals surface area (Å²) in [6.45, 7) is 2.28. The summed E-state index contributed by atoms with van der Waals surface area (Å²) in [6.07, 6.45) is 1.68. The molecule has 1 heterocycles. The number of hydrogen-bond donors (Lipinski definition) is 0. The average molecular weight is 334 g/mol. The molecule has 0 radical (unpaired) electrons. The molecule has 0 aliphatic heterocycles. The Morgan fingerprint density at radius 2 is 1.83 bits per heavy atom. The maximum absolute atomic E-state index is 12.7. The molecule has 2 aromatic rings. The number of hydrogen-bond acceptors (Lipinski definition) is 3. The highest BCUT2D eigenvalue weighted by molar-refractivity contribution is 5.95. The Morgan fingerprint density at radius 3 is 2.33 bits per heavy atom. The van der Waals surface area contributed by atoms with Crippen molar-refractivity contribution in [2.45, 2.75) is 33.4 Å². The quantitative estimate of drug-likeness (QED) is 0.825. The van der Waals surface area contributed by atoms with Crippen molar-refractivity contribution in [3.8, 4) is 5.75 Å². The first kappa shape index (κ1) is 17.8. The summed E-state index contributed by atoms with van der Waals surface area (Å²) in [5, 5.41) is 0. The number of nitrogens with zero attached hydrogens (tertiary/aromatic N) is 2. The van der Waals surface area contributed by atoms with Gasteiger partial charge in [0.2, 0.25) is 0 Å². The molecule has 2 rings (SSSR count). The summed E-state index contributed by atoms with van der Waals surface area (Å²) in [6, 6.07) is 8.44. The van der Waals surface area contributed by atoms with Crippen LogP contribution in [-0.2, 0) is 0 Å². The second-order valence-electron chi connectivity index (χ2n) is 5.66. The highest BCUT2D eigenvalue weighted by Crippen LogP contribution is 2.28. The van der Waals surface area contributed by atoms with Crippen LogP contribution in [0, 0.1) is 13.8 Å². The van der Waals surface area contributed by atoms with Gasteiger partial charge < -0.3 is 9.64 Å². The molecule has 1 aromatic heterocycles. The van der Waals surface area contributed by atoms with E-state index in [-0.39, 0.29) is 17.7 Å². The van der Waals surface area contributed by atoms with E-state index in [0.29, 0.717) is 16.7 Å². The molecule has 0 aliphatic carbocycles. The number of carbonyl (C=O) groups excluding carboxylic acids is 1. The van der Waals surface area contributed by atoms with Crippen LogP contribution in [0.4, 0.5) is 8.78 Å². The van der Waals surface area contributed by atoms with Crippen molar-refractivity contribution in [2.75, 3.05) is 7.05 Å². The molecule has 0 saturated heterocycles. The average Bonchev–Trinajstić information content (AvgIpc) is 2.56. The van der Waals surface area contributed by atoms with Gasteiger partial charge in [0.05, 0.1) is 11.7 Å². The molecule has 1 amide bonds. The number of aromatic nitrogens is 1. The number of carbonyl (C=O) groups is 1. The molecular weight excluding hydrogens is 314 g/mol. The predicted molar refractivity (Wildman–Crippen MR) is 87.3 cm³/mol. The van der Waals surface area contributed by atoms with Crippen molar-refractivity contribution in [3.63, 3.8) is 0 Å². The van der Waals surface area contributed by atoms with Crippen molar-refractivity contribution in [1.82, 2.24) is 9.88 Å². The van der Waals surface area contributed by atoms with Crippen LogP contribution in [0.1, 0.15) is 40.1 Å². The first-order chi connectivity index (χ1) is 11.3. The lowest BCUT2D eigenvalue weighted by Crippen LogP contribution is -2.30. The van der Waals surface area contributed by atoms with E-state index in [4.69, 9.17) is 0 Å². The lowest BCUT2D eigenvalue weighted by atomic mass is 10.0. The number of alkyl halides is 2. The van der Waals surface area contributed by atoms with Gasteiger partial charge in [-0.1, -0.05) is 6.07 Å². The van der Waals surface area contributed by atoms with E-state index in [1.165, 1.54) is 0 Å². The van der Waals surface area contributed by atoms with Crippen LogP contribution in [0.15, 0.2) is 36.5 Å². The number of amides is 1. The van der Waals surface area contributed by atoms with Crippen LogP contribution >= 0.6 is 0 Å². The zero-order valence-corrected chi connectivity index (χ0v) is 14.1. The molecule has 24 heavy (non-hydrogen) atoms. The van der Waals surface area contributed by atoms with Crippen LogP contribution in [0.3, 0.4) is 0 Å². The molecule has 6 heteroatoms. The van der Waals surface area contributed by atoms with Crippen molar-refractivity contribution in [3.05, 3.63) is 58.9 Å². The van der Waals surface area contributed by atoms with Crippen molar-refractivity contribution in [2.24, 2.45) is 0 Å². The summed E-state index contributed by atoms with van der Waals surface area (Å²) >= 11 is 0. The normalized spacial score (nSPS) is 12.1. The van der Waals surface area contributed by atoms with Crippen molar-refractivity contribution >= 4 is 5.91 Å². The fourth-order valence-corrected chi connectivity index (χ4v) is 2.55. The van der Waals surface area contributed by atoms with E-state index in [1.807, 2.05) is 25.1 Å². The third kappa shape index (κ3) is 3.88. The van der Waals surface area contributed by atoms with Gasteiger partial charge in [0.15, 0.2) is 0 Å². The maximum Gasteiger partial charge on any atom is 0.387 e. The van der Waals surface area contributed by atoms with Gasteiger partial charge in [0.1, 0.15) is 5.75 Å². The molecule has 0 aliphatic rings. The van der Waals surface area contributed by atoms with Gasteiger partial charge in [0, 0.05) is 18.8 Å². The van der Waals surface area contributed by atoms with E-state index in [0.717, 1.165) is 5.69 Å². The second-order valence-corrected chi connectivity index (χ2v) is 5.66. The number of aryl methyl sites for hydroxylation is 2. The highest BCUT2D eigenvalue weighted by Gasteiger charge is 2.21. The number of rotatable bonds is 5. The fraction of sp³-hybridized carbons (Fsp3) is 0.333. The summed E-state index contributed by atoms with van der Waals surface area (Å²) in [5.41, 5.74) is 2.20. The molecule has 0 fully saturated rings. The maximum atomic E-state index is 12.7. The second kappa shape index (κ2) is 7.38. The molecule has 0 saturated carbocycles. The van der Waals surface area contributed by atoms with Crippen molar-refractivity contribution < 1.29 is 18.3 Å². The predicted octanol–water partition coefficient (Wildman–Crippen LogP) is 4.13. The summed E-state index contributed by atoms with van der Waals surface area (Å²) in [4.78, 5) is 18.5. The van der Waals surface area contributed by atoms with Gasteiger partial charge >= 0.3 is 6.61 Å². The minimum atomic E-state index is -2.89. The molecule has 0 spiro atoms. The zero-order valence-electron chi connectivity index (χ0n) is 14.1. The third-order valence-corrected chi connectivity index (χ3v) is 3.93. The third-order valence-electron chi connectivity index (χ3n) is 3.93. The molecule has 1 unspecified atom stereocenters. The smallest absolute Gasteiger partial charge is 0.387 e. The Kier molecular flexibility index (Phi) is 5.49.